The molecule has 0 heterocycles. The number of carbonyl (C=O) groups excluding carboxylic acids is 1. The van der Waals surface area contributed by atoms with Crippen LogP contribution >= 0.6 is 0 Å². The number of hydrogen-bond donors (Lipinski definition) is 1. The number of amides is 1. The third-order valence-electron chi connectivity index (χ3n) is 3.63. The van der Waals surface area contributed by atoms with Gasteiger partial charge in [-0.2, -0.15) is 0 Å². The quantitative estimate of drug-likeness (QED) is 0.923. The van der Waals surface area contributed by atoms with E-state index in [1.54, 1.807) is 34.7 Å². The molecule has 1 atom stereocenters. The van der Waals surface area contributed by atoms with Gasteiger partial charge >= 0.3 is 12.1 Å². The number of rotatable bonds is 4. The van der Waals surface area contributed by atoms with E-state index in [9.17, 15) is 14.7 Å². The lowest BCUT2D eigenvalue weighted by Gasteiger charge is -2.39. The maximum atomic E-state index is 12.4. The molecule has 1 aromatic carbocycles. The van der Waals surface area contributed by atoms with Crippen LogP contribution < -0.4 is 0 Å². The van der Waals surface area contributed by atoms with Gasteiger partial charge in [-0.05, 0) is 45.7 Å². The Hall–Kier alpha value is -2.04. The van der Waals surface area contributed by atoms with Crippen LogP contribution in [0.2, 0.25) is 0 Å². The van der Waals surface area contributed by atoms with Crippen LogP contribution in [0.3, 0.4) is 0 Å². The van der Waals surface area contributed by atoms with Crippen molar-refractivity contribution in [2.75, 3.05) is 7.05 Å². The standard InChI is InChI=1S/C17H25NO4/c1-12-9-7-8-10-13(12)17(5,11-14(19)20)18(6)15(21)22-16(2,3)4/h7-10H,11H2,1-6H3,(H,19,20). The molecule has 0 radical (unpaired) electrons. The Bertz CT molecular complexity index is 562. The van der Waals surface area contributed by atoms with Gasteiger partial charge in [-0.3, -0.25) is 4.79 Å². The van der Waals surface area contributed by atoms with Gasteiger partial charge in [0.1, 0.15) is 5.60 Å². The van der Waals surface area contributed by atoms with Gasteiger partial charge in [-0.25, -0.2) is 4.79 Å². The maximum absolute atomic E-state index is 12.4. The van der Waals surface area contributed by atoms with E-state index in [-0.39, 0.29) is 6.42 Å². The first kappa shape index (κ1) is 18.0. The zero-order valence-corrected chi connectivity index (χ0v) is 14.1. The number of carboxylic acids is 1. The minimum Gasteiger partial charge on any atom is -0.481 e. The number of carbonyl (C=O) groups is 2. The number of benzene rings is 1. The molecule has 1 aromatic rings. The SMILES string of the molecule is Cc1ccccc1C(C)(CC(=O)O)N(C)C(=O)OC(C)(C)C. The van der Waals surface area contributed by atoms with E-state index in [0.717, 1.165) is 11.1 Å². The zero-order chi connectivity index (χ0) is 17.1. The van der Waals surface area contributed by atoms with Gasteiger partial charge in [0.2, 0.25) is 0 Å². The van der Waals surface area contributed by atoms with Gasteiger partial charge in [0, 0.05) is 7.05 Å². The molecule has 0 spiro atoms. The summed E-state index contributed by atoms with van der Waals surface area (Å²) < 4.78 is 5.38. The molecule has 1 unspecified atom stereocenters. The fraction of sp³-hybridized carbons (Fsp3) is 0.529. The van der Waals surface area contributed by atoms with E-state index < -0.39 is 23.2 Å². The first-order valence-electron chi connectivity index (χ1n) is 7.22. The average Bonchev–Trinajstić information content (AvgIpc) is 2.35. The van der Waals surface area contributed by atoms with Crippen molar-refractivity contribution in [2.45, 2.75) is 52.2 Å². The molecule has 22 heavy (non-hydrogen) atoms. The van der Waals surface area contributed by atoms with Crippen LogP contribution in [0, 0.1) is 6.92 Å². The first-order chi connectivity index (χ1) is 9.97. The third kappa shape index (κ3) is 4.23. The van der Waals surface area contributed by atoms with Crippen molar-refractivity contribution in [3.8, 4) is 0 Å². The van der Waals surface area contributed by atoms with Crippen LogP contribution in [0.25, 0.3) is 0 Å². The molecule has 1 amide bonds. The lowest BCUT2D eigenvalue weighted by Crippen LogP contribution is -2.48. The molecule has 0 saturated heterocycles. The molecule has 0 saturated carbocycles. The molecule has 5 nitrogen and oxygen atoms in total. The van der Waals surface area contributed by atoms with Crippen LogP contribution in [0.15, 0.2) is 24.3 Å². The predicted octanol–water partition coefficient (Wildman–Crippen LogP) is 3.55. The number of aryl methyl sites for hydroxylation is 1. The number of nitrogens with zero attached hydrogens (tertiary/aromatic N) is 1. The Morgan fingerprint density at radius 1 is 1.18 bits per heavy atom. The Balaban J connectivity index is 3.25. The molecular weight excluding hydrogens is 282 g/mol. The Labute approximate surface area is 131 Å². The van der Waals surface area contributed by atoms with Gasteiger partial charge < -0.3 is 14.7 Å². The first-order valence-corrected chi connectivity index (χ1v) is 7.22. The van der Waals surface area contributed by atoms with E-state index in [0.29, 0.717) is 0 Å². The van der Waals surface area contributed by atoms with E-state index in [2.05, 4.69) is 0 Å². The Kier molecular flexibility index (Phi) is 5.22. The summed E-state index contributed by atoms with van der Waals surface area (Å²) in [6.45, 7) is 8.98. The molecule has 1 N–H and O–H groups in total. The number of aliphatic carboxylic acids is 1. The van der Waals surface area contributed by atoms with E-state index >= 15 is 0 Å². The van der Waals surface area contributed by atoms with Crippen LogP contribution in [-0.2, 0) is 15.1 Å². The zero-order valence-electron chi connectivity index (χ0n) is 14.1. The summed E-state index contributed by atoms with van der Waals surface area (Å²) in [6.07, 6.45) is -0.743. The smallest absolute Gasteiger partial charge is 0.410 e. The van der Waals surface area contributed by atoms with Gasteiger partial charge in [-0.15, -0.1) is 0 Å². The fourth-order valence-electron chi connectivity index (χ4n) is 2.40. The minimum atomic E-state index is -0.987. The molecule has 1 rings (SSSR count). The molecule has 0 aliphatic heterocycles. The molecule has 0 aromatic heterocycles. The van der Waals surface area contributed by atoms with Gasteiger partial charge in [0.05, 0.1) is 12.0 Å². The summed E-state index contributed by atoms with van der Waals surface area (Å²) >= 11 is 0. The van der Waals surface area contributed by atoms with Crippen molar-refractivity contribution >= 4 is 12.1 Å². The van der Waals surface area contributed by atoms with Crippen LogP contribution in [0.4, 0.5) is 4.79 Å². The minimum absolute atomic E-state index is 0.201. The van der Waals surface area contributed by atoms with Crippen molar-refractivity contribution in [2.24, 2.45) is 0 Å². The van der Waals surface area contributed by atoms with E-state index in [1.807, 2.05) is 31.2 Å². The summed E-state index contributed by atoms with van der Waals surface area (Å²) in [6, 6.07) is 7.47. The highest BCUT2D eigenvalue weighted by Crippen LogP contribution is 2.34. The molecule has 0 aliphatic carbocycles. The summed E-state index contributed by atoms with van der Waals surface area (Å²) in [4.78, 5) is 25.1. The van der Waals surface area contributed by atoms with Crippen molar-refractivity contribution in [1.29, 1.82) is 0 Å². The molecule has 5 heteroatoms. The third-order valence-corrected chi connectivity index (χ3v) is 3.63. The largest absolute Gasteiger partial charge is 0.481 e. The normalized spacial score (nSPS) is 14.1. The predicted molar refractivity (Wildman–Crippen MR) is 84.8 cm³/mol. The van der Waals surface area contributed by atoms with Crippen LogP contribution in [0.1, 0.15) is 45.2 Å². The van der Waals surface area contributed by atoms with E-state index in [1.165, 1.54) is 4.90 Å². The Morgan fingerprint density at radius 2 is 1.73 bits per heavy atom. The van der Waals surface area contributed by atoms with E-state index in [4.69, 9.17) is 4.74 Å². The summed E-state index contributed by atoms with van der Waals surface area (Å²) in [5.74, 6) is -0.971. The molecule has 0 bridgehead atoms. The molecule has 0 fully saturated rings. The van der Waals surface area contributed by atoms with Crippen molar-refractivity contribution in [3.05, 3.63) is 35.4 Å². The van der Waals surface area contributed by atoms with Crippen LogP contribution in [0.5, 0.6) is 0 Å². The van der Waals surface area contributed by atoms with Crippen molar-refractivity contribution in [1.82, 2.24) is 4.90 Å². The monoisotopic (exact) mass is 307 g/mol. The highest BCUT2D eigenvalue weighted by molar-refractivity contribution is 5.73. The summed E-state index contributed by atoms with van der Waals surface area (Å²) in [5, 5.41) is 9.29. The maximum Gasteiger partial charge on any atom is 0.410 e. The van der Waals surface area contributed by atoms with Gasteiger partial charge in [0.25, 0.3) is 0 Å². The molecule has 0 aliphatic rings. The Morgan fingerprint density at radius 3 is 2.18 bits per heavy atom. The highest BCUT2D eigenvalue weighted by Gasteiger charge is 2.39. The topological polar surface area (TPSA) is 66.8 Å². The second-order valence-electron chi connectivity index (χ2n) is 6.70. The molecular formula is C17H25NO4. The number of carboxylic acid groups (broad SMARTS) is 1. The number of ether oxygens (including phenoxy) is 1. The second-order valence-corrected chi connectivity index (χ2v) is 6.70. The van der Waals surface area contributed by atoms with Gasteiger partial charge in [-0.1, -0.05) is 24.3 Å². The summed E-state index contributed by atoms with van der Waals surface area (Å²) in [5.41, 5.74) is 0.105. The number of hydrogen-bond acceptors (Lipinski definition) is 3. The lowest BCUT2D eigenvalue weighted by molar-refractivity contribution is -0.140. The second kappa shape index (κ2) is 6.38. The fourth-order valence-corrected chi connectivity index (χ4v) is 2.40. The van der Waals surface area contributed by atoms with Gasteiger partial charge in [0.15, 0.2) is 0 Å². The van der Waals surface area contributed by atoms with Crippen molar-refractivity contribution < 1.29 is 19.4 Å². The van der Waals surface area contributed by atoms with Crippen LogP contribution in [-0.4, -0.2) is 34.7 Å². The van der Waals surface area contributed by atoms with Crippen molar-refractivity contribution in [3.63, 3.8) is 0 Å². The average molecular weight is 307 g/mol. The lowest BCUT2D eigenvalue weighted by atomic mass is 9.84. The molecule has 122 valence electrons. The highest BCUT2D eigenvalue weighted by atomic mass is 16.6. The summed E-state index contributed by atoms with van der Waals surface area (Å²) in [7, 11) is 1.57.